The Morgan fingerprint density at radius 1 is 1.00 bits per heavy atom. The van der Waals surface area contributed by atoms with Gasteiger partial charge in [-0.3, -0.25) is 9.59 Å². The maximum absolute atomic E-state index is 13.8. The van der Waals surface area contributed by atoms with E-state index in [-0.39, 0.29) is 24.6 Å². The van der Waals surface area contributed by atoms with Gasteiger partial charge in [0.1, 0.15) is 17.6 Å². The molecule has 0 radical (unpaired) electrons. The molecule has 0 saturated carbocycles. The molecule has 6 rings (SSSR count). The lowest BCUT2D eigenvalue weighted by molar-refractivity contribution is -0.211. The standard InChI is InChI=1S/C30H29FN6O5/c31-20-7-4-17(5-8-20)24-25(23-10-11-33-30(34-23)37-12-2-1-3-13-37)36-27(35-24)21-9-6-18(14-22(21)26(32)38)29-41-15-19(16-42-29)28(39)40/h4-11,14,19,29H,1-3,12-13,15-16H2,(H2,32,38)(H,35,36)(H,39,40). The number of anilines is 1. The Kier molecular flexibility index (Phi) is 7.64. The molecule has 2 aliphatic rings. The third-order valence-corrected chi connectivity index (χ3v) is 7.44. The van der Waals surface area contributed by atoms with Crippen molar-refractivity contribution >= 4 is 17.8 Å². The number of carboxylic acid groups (broad SMARTS) is 1. The Hall–Kier alpha value is -4.68. The number of rotatable bonds is 7. The molecule has 2 fully saturated rings. The van der Waals surface area contributed by atoms with Gasteiger partial charge in [0.05, 0.1) is 35.9 Å². The number of aromatic amines is 1. The predicted molar refractivity (Wildman–Crippen MR) is 151 cm³/mol. The number of nitrogens with two attached hydrogens (primary N) is 1. The van der Waals surface area contributed by atoms with Crippen molar-refractivity contribution in [3.05, 3.63) is 71.7 Å². The van der Waals surface area contributed by atoms with Crippen LogP contribution in [-0.4, -0.2) is 63.2 Å². The zero-order chi connectivity index (χ0) is 29.2. The lowest BCUT2D eigenvalue weighted by Crippen LogP contribution is -2.32. The molecule has 11 nitrogen and oxygen atoms in total. The monoisotopic (exact) mass is 572 g/mol. The molecule has 216 valence electrons. The summed E-state index contributed by atoms with van der Waals surface area (Å²) in [5, 5.41) is 9.20. The summed E-state index contributed by atoms with van der Waals surface area (Å²) >= 11 is 0. The first-order valence-corrected chi connectivity index (χ1v) is 13.7. The summed E-state index contributed by atoms with van der Waals surface area (Å²) in [5.74, 6) is -1.85. The third kappa shape index (κ3) is 5.58. The van der Waals surface area contributed by atoms with Gasteiger partial charge in [-0.2, -0.15) is 0 Å². The number of hydrogen-bond acceptors (Lipinski definition) is 8. The summed E-state index contributed by atoms with van der Waals surface area (Å²) in [5.41, 5.74) is 9.26. The van der Waals surface area contributed by atoms with Gasteiger partial charge in [0.15, 0.2) is 6.29 Å². The Morgan fingerprint density at radius 2 is 1.74 bits per heavy atom. The second-order valence-corrected chi connectivity index (χ2v) is 10.3. The van der Waals surface area contributed by atoms with E-state index in [1.165, 1.54) is 18.6 Å². The van der Waals surface area contributed by atoms with E-state index in [1.54, 1.807) is 42.6 Å². The van der Waals surface area contributed by atoms with Crippen molar-refractivity contribution in [2.75, 3.05) is 31.2 Å². The maximum Gasteiger partial charge on any atom is 0.311 e. The molecule has 42 heavy (non-hydrogen) atoms. The highest BCUT2D eigenvalue weighted by atomic mass is 19.1. The van der Waals surface area contributed by atoms with E-state index in [0.717, 1.165) is 25.9 Å². The lowest BCUT2D eigenvalue weighted by atomic mass is 10.0. The van der Waals surface area contributed by atoms with Crippen LogP contribution >= 0.6 is 0 Å². The van der Waals surface area contributed by atoms with Gasteiger partial charge in [-0.05, 0) is 61.7 Å². The highest BCUT2D eigenvalue weighted by Gasteiger charge is 2.29. The molecule has 0 spiro atoms. The van der Waals surface area contributed by atoms with Crippen LogP contribution in [-0.2, 0) is 14.3 Å². The van der Waals surface area contributed by atoms with Crippen LogP contribution in [0.25, 0.3) is 34.0 Å². The largest absolute Gasteiger partial charge is 0.481 e. The molecular formula is C30H29FN6O5. The van der Waals surface area contributed by atoms with Gasteiger partial charge in [-0.15, -0.1) is 0 Å². The van der Waals surface area contributed by atoms with E-state index >= 15 is 0 Å². The van der Waals surface area contributed by atoms with E-state index in [0.29, 0.717) is 45.5 Å². The van der Waals surface area contributed by atoms with Gasteiger partial charge in [-0.25, -0.2) is 19.3 Å². The summed E-state index contributed by atoms with van der Waals surface area (Å²) in [4.78, 5) is 43.5. The number of primary amides is 1. The third-order valence-electron chi connectivity index (χ3n) is 7.44. The van der Waals surface area contributed by atoms with Gasteiger partial charge in [0, 0.05) is 36.0 Å². The number of amides is 1. The molecule has 12 heteroatoms. The van der Waals surface area contributed by atoms with Crippen molar-refractivity contribution in [2.24, 2.45) is 11.7 Å². The highest BCUT2D eigenvalue weighted by Crippen LogP contribution is 2.35. The minimum absolute atomic E-state index is 0.0193. The lowest BCUT2D eigenvalue weighted by Gasteiger charge is -2.27. The number of imidazole rings is 1. The molecule has 4 heterocycles. The maximum atomic E-state index is 13.8. The number of nitrogens with zero attached hydrogens (tertiary/aromatic N) is 4. The van der Waals surface area contributed by atoms with Crippen LogP contribution in [0.15, 0.2) is 54.7 Å². The topological polar surface area (TPSA) is 157 Å². The van der Waals surface area contributed by atoms with Crippen molar-refractivity contribution in [3.8, 4) is 34.0 Å². The number of nitrogens with one attached hydrogen (secondary N) is 1. The van der Waals surface area contributed by atoms with Crippen molar-refractivity contribution in [1.29, 1.82) is 0 Å². The molecule has 2 saturated heterocycles. The van der Waals surface area contributed by atoms with Crippen LogP contribution in [0.1, 0.15) is 41.5 Å². The van der Waals surface area contributed by atoms with E-state index < -0.39 is 24.1 Å². The number of aromatic nitrogens is 4. The number of aliphatic carboxylic acids is 1. The molecule has 4 aromatic rings. The first-order chi connectivity index (χ1) is 20.4. The van der Waals surface area contributed by atoms with Crippen molar-refractivity contribution in [1.82, 2.24) is 19.9 Å². The smallest absolute Gasteiger partial charge is 0.311 e. The molecule has 0 unspecified atom stereocenters. The Balaban J connectivity index is 1.40. The number of carbonyl (C=O) groups excluding carboxylic acids is 1. The number of carbonyl (C=O) groups is 2. The molecule has 2 aromatic heterocycles. The molecule has 1 amide bonds. The van der Waals surface area contributed by atoms with E-state index in [2.05, 4.69) is 14.9 Å². The number of benzene rings is 2. The minimum atomic E-state index is -1.00. The summed E-state index contributed by atoms with van der Waals surface area (Å²) < 4.78 is 25.0. The first kappa shape index (κ1) is 27.5. The van der Waals surface area contributed by atoms with Crippen LogP contribution in [0.4, 0.5) is 10.3 Å². The van der Waals surface area contributed by atoms with Crippen molar-refractivity contribution in [2.45, 2.75) is 25.6 Å². The number of H-pyrrole nitrogens is 1. The Labute approximate surface area is 240 Å². The predicted octanol–water partition coefficient (Wildman–Crippen LogP) is 4.18. The zero-order valence-electron chi connectivity index (χ0n) is 22.6. The zero-order valence-corrected chi connectivity index (χ0v) is 22.6. The molecule has 0 atom stereocenters. The molecule has 2 aromatic carbocycles. The fourth-order valence-corrected chi connectivity index (χ4v) is 5.19. The molecule has 4 N–H and O–H groups in total. The Morgan fingerprint density at radius 3 is 2.43 bits per heavy atom. The van der Waals surface area contributed by atoms with Gasteiger partial charge in [-0.1, -0.05) is 6.07 Å². The second-order valence-electron chi connectivity index (χ2n) is 10.3. The number of hydrogen-bond donors (Lipinski definition) is 3. The second kappa shape index (κ2) is 11.7. The summed E-state index contributed by atoms with van der Waals surface area (Å²) in [6, 6.07) is 12.7. The average molecular weight is 573 g/mol. The minimum Gasteiger partial charge on any atom is -0.481 e. The SMILES string of the molecule is NC(=O)c1cc(C2OCC(C(=O)O)CO2)ccc1-c1nc(-c2ccc(F)cc2)c(-c2ccnc(N3CCCCC3)n2)[nH]1. The van der Waals surface area contributed by atoms with Crippen molar-refractivity contribution < 1.29 is 28.6 Å². The van der Waals surface area contributed by atoms with E-state index in [1.807, 2.05) is 0 Å². The van der Waals surface area contributed by atoms with Crippen LogP contribution < -0.4 is 10.6 Å². The summed E-state index contributed by atoms with van der Waals surface area (Å²) in [6.07, 6.45) is 4.18. The van der Waals surface area contributed by atoms with Crippen LogP contribution in [0, 0.1) is 11.7 Å². The van der Waals surface area contributed by atoms with Gasteiger partial charge < -0.3 is 30.2 Å². The van der Waals surface area contributed by atoms with Gasteiger partial charge >= 0.3 is 5.97 Å². The molecule has 0 aliphatic carbocycles. The summed E-state index contributed by atoms with van der Waals surface area (Å²) in [7, 11) is 0. The highest BCUT2D eigenvalue weighted by molar-refractivity contribution is 5.99. The van der Waals surface area contributed by atoms with Crippen molar-refractivity contribution in [3.63, 3.8) is 0 Å². The average Bonchev–Trinajstić information content (AvgIpc) is 3.47. The van der Waals surface area contributed by atoms with Crippen LogP contribution in [0.5, 0.6) is 0 Å². The van der Waals surface area contributed by atoms with Gasteiger partial charge in [0.25, 0.3) is 0 Å². The summed E-state index contributed by atoms with van der Waals surface area (Å²) in [6.45, 7) is 1.72. The fourth-order valence-electron chi connectivity index (χ4n) is 5.19. The molecule has 0 bridgehead atoms. The first-order valence-electron chi connectivity index (χ1n) is 13.7. The molecule has 2 aliphatic heterocycles. The molecular weight excluding hydrogens is 543 g/mol. The van der Waals surface area contributed by atoms with E-state index in [9.17, 15) is 19.1 Å². The van der Waals surface area contributed by atoms with Crippen LogP contribution in [0.3, 0.4) is 0 Å². The van der Waals surface area contributed by atoms with Crippen LogP contribution in [0.2, 0.25) is 0 Å². The number of halogens is 1. The Bertz CT molecular complexity index is 1610. The number of ether oxygens (including phenoxy) is 2. The number of piperidine rings is 1. The van der Waals surface area contributed by atoms with E-state index in [4.69, 9.17) is 25.2 Å². The fraction of sp³-hybridized carbons (Fsp3) is 0.300. The quantitative estimate of drug-likeness (QED) is 0.296. The number of carboxylic acids is 1. The van der Waals surface area contributed by atoms with Gasteiger partial charge in [0.2, 0.25) is 11.9 Å². The normalized spacial score (nSPS) is 19.0.